The first-order chi connectivity index (χ1) is 34.1. The van der Waals surface area contributed by atoms with Gasteiger partial charge in [0.15, 0.2) is 0 Å². The standard InChI is InChI=1S/C54H66N8O8S/c1-34(2)40-7-4-5-8-41(40)44-9-6-23-60(44)38-30-54(31-38)20-24-59(25-21-54)37-10-12-42(45(28-37)61-47-27-36-16-22-55-50(36)57-52(47)70-49-17-26-69-33-48(49)61)51(63)58-71(67,68)39-11-13-43(46(29-39)62(65)66)56-32-35-14-18-53(3,64)19-15-35/h4-5,7-8,10-13,16,22,27-29,34-35,38,44,48-49,56,64H,6,9,14-15,17-21,23-26,30-33H2,1-3H3,(H,55,57)(H,58,63)/t35?,44-,48-,49-,53?/m0/s1. The fraction of sp³-hybridized carbons (Fsp3) is 0.519. The van der Waals surface area contributed by atoms with Gasteiger partial charge in [0.05, 0.1) is 45.9 Å². The minimum atomic E-state index is -4.62. The second kappa shape index (κ2) is 18.7. The summed E-state index contributed by atoms with van der Waals surface area (Å²) in [6, 6.07) is 22.8. The van der Waals surface area contributed by atoms with Crippen molar-refractivity contribution in [1.29, 1.82) is 0 Å². The van der Waals surface area contributed by atoms with E-state index in [4.69, 9.17) is 14.5 Å². The number of ether oxygens (including phenoxy) is 2. The van der Waals surface area contributed by atoms with Gasteiger partial charge in [0.25, 0.3) is 21.6 Å². The Balaban J connectivity index is 0.863. The average Bonchev–Trinajstić information content (AvgIpc) is 4.03. The van der Waals surface area contributed by atoms with Crippen molar-refractivity contribution >= 4 is 55.4 Å². The number of carbonyl (C=O) groups is 1. The molecule has 376 valence electrons. The topological polar surface area (TPSA) is 196 Å². The first-order valence-electron chi connectivity index (χ1n) is 25.7. The number of nitrogens with zero attached hydrogens (tertiary/aromatic N) is 5. The lowest BCUT2D eigenvalue weighted by molar-refractivity contribution is -0.384. The maximum atomic E-state index is 14.7. The van der Waals surface area contributed by atoms with Crippen molar-refractivity contribution in [2.24, 2.45) is 11.3 Å². The van der Waals surface area contributed by atoms with E-state index in [1.807, 2.05) is 42.3 Å². The van der Waals surface area contributed by atoms with Gasteiger partial charge in [0, 0.05) is 61.5 Å². The van der Waals surface area contributed by atoms with Crippen molar-refractivity contribution in [3.8, 4) is 5.88 Å². The first kappa shape index (κ1) is 47.6. The highest BCUT2D eigenvalue weighted by atomic mass is 32.2. The van der Waals surface area contributed by atoms with Crippen molar-refractivity contribution in [2.45, 2.75) is 132 Å². The highest BCUT2D eigenvalue weighted by molar-refractivity contribution is 7.90. The summed E-state index contributed by atoms with van der Waals surface area (Å²) in [6.45, 7) is 10.5. The Bertz CT molecular complexity index is 2930. The number of nitro groups is 1. The van der Waals surface area contributed by atoms with E-state index in [1.165, 1.54) is 48.9 Å². The predicted octanol–water partition coefficient (Wildman–Crippen LogP) is 9.34. The van der Waals surface area contributed by atoms with Crippen LogP contribution in [-0.4, -0.2) is 102 Å². The normalized spacial score (nSPS) is 25.6. The van der Waals surface area contributed by atoms with Gasteiger partial charge in [-0.1, -0.05) is 38.1 Å². The van der Waals surface area contributed by atoms with Crippen LogP contribution in [0.25, 0.3) is 11.0 Å². The Morgan fingerprint density at radius 2 is 1.76 bits per heavy atom. The number of hydrogen-bond acceptors (Lipinski definition) is 13. The number of benzene rings is 3. The number of hydrogen-bond donors (Lipinski definition) is 4. The third-order valence-corrected chi connectivity index (χ3v) is 18.1. The lowest BCUT2D eigenvalue weighted by Gasteiger charge is -2.56. The molecule has 0 radical (unpaired) electrons. The number of pyridine rings is 1. The second-order valence-electron chi connectivity index (χ2n) is 21.8. The van der Waals surface area contributed by atoms with Gasteiger partial charge >= 0.3 is 0 Å². The summed E-state index contributed by atoms with van der Waals surface area (Å²) in [4.78, 5) is 41.3. The van der Waals surface area contributed by atoms with Gasteiger partial charge in [-0.05, 0) is 149 Å². The SMILES string of the molecule is CC(C)c1ccccc1[C@@H]1CCCN1C1CC2(CCN(c3ccc(C(=O)NS(=O)(=O)c4ccc(NCC5CCC(C)(O)CC5)c([N+](=O)[O-])c4)c(N4c5cc6cc[nH]c6nc5O[C@H]5CCOC[C@@H]54)c3)CC2)C1. The maximum absolute atomic E-state index is 14.7. The zero-order chi connectivity index (χ0) is 49.2. The lowest BCUT2D eigenvalue weighted by Crippen LogP contribution is -2.55. The number of nitrogens with one attached hydrogen (secondary N) is 3. The smallest absolute Gasteiger partial charge is 0.293 e. The van der Waals surface area contributed by atoms with Crippen LogP contribution in [0.2, 0.25) is 0 Å². The van der Waals surface area contributed by atoms with Crippen LogP contribution in [0.1, 0.15) is 125 Å². The molecule has 17 heteroatoms. The molecular formula is C54H66N8O8S. The zero-order valence-corrected chi connectivity index (χ0v) is 41.8. The summed E-state index contributed by atoms with van der Waals surface area (Å²) in [5.41, 5.74) is 5.10. The minimum absolute atomic E-state index is 0.109. The van der Waals surface area contributed by atoms with Crippen LogP contribution in [0.15, 0.2) is 83.9 Å². The van der Waals surface area contributed by atoms with E-state index < -0.39 is 37.0 Å². The Hall–Kier alpha value is -5.75. The molecule has 0 bridgehead atoms. The van der Waals surface area contributed by atoms with E-state index in [-0.39, 0.29) is 34.7 Å². The molecule has 1 spiro atoms. The molecule has 4 N–H and O–H groups in total. The number of fused-ring (bicyclic) bond motifs is 3. The predicted molar refractivity (Wildman–Crippen MR) is 273 cm³/mol. The van der Waals surface area contributed by atoms with Crippen LogP contribution in [0, 0.1) is 21.4 Å². The van der Waals surface area contributed by atoms with Crippen LogP contribution < -0.4 is 24.6 Å². The lowest BCUT2D eigenvalue weighted by atomic mass is 9.59. The average molecular weight is 987 g/mol. The summed E-state index contributed by atoms with van der Waals surface area (Å²) < 4.78 is 43.2. The number of rotatable bonds is 12. The van der Waals surface area contributed by atoms with Crippen LogP contribution in [-0.2, 0) is 14.8 Å². The number of piperidine rings is 1. The molecule has 2 aliphatic carbocycles. The van der Waals surface area contributed by atoms with Gasteiger partial charge in [-0.2, -0.15) is 4.98 Å². The molecule has 4 aliphatic heterocycles. The molecule has 5 aromatic rings. The molecule has 2 aromatic heterocycles. The minimum Gasteiger partial charge on any atom is -0.470 e. The summed E-state index contributed by atoms with van der Waals surface area (Å²) in [5.74, 6) is 0.207. The van der Waals surface area contributed by atoms with Crippen molar-refractivity contribution in [3.63, 3.8) is 0 Å². The summed E-state index contributed by atoms with van der Waals surface area (Å²) in [6.07, 6.45) is 11.8. The Morgan fingerprint density at radius 3 is 2.54 bits per heavy atom. The van der Waals surface area contributed by atoms with Gasteiger partial charge in [-0.15, -0.1) is 0 Å². The quantitative estimate of drug-likeness (QED) is 0.0683. The van der Waals surface area contributed by atoms with Crippen molar-refractivity contribution in [1.82, 2.24) is 19.6 Å². The molecule has 1 amide bonds. The molecule has 3 saturated heterocycles. The Kier molecular flexibility index (Phi) is 12.5. The number of nitro benzene ring substituents is 1. The van der Waals surface area contributed by atoms with Gasteiger partial charge in [-0.3, -0.25) is 19.8 Å². The molecule has 5 fully saturated rings. The van der Waals surface area contributed by atoms with Crippen LogP contribution in [0.5, 0.6) is 5.88 Å². The molecule has 6 aliphatic rings. The molecule has 3 atom stereocenters. The number of aromatic nitrogens is 2. The van der Waals surface area contributed by atoms with E-state index in [0.717, 1.165) is 62.5 Å². The second-order valence-corrected chi connectivity index (χ2v) is 23.5. The molecule has 2 saturated carbocycles. The number of H-pyrrole nitrogens is 1. The van der Waals surface area contributed by atoms with E-state index in [0.29, 0.717) is 79.9 Å². The van der Waals surface area contributed by atoms with Crippen molar-refractivity contribution < 1.29 is 32.7 Å². The highest BCUT2D eigenvalue weighted by Crippen LogP contribution is 2.55. The van der Waals surface area contributed by atoms with Gasteiger partial charge in [0.1, 0.15) is 23.1 Å². The van der Waals surface area contributed by atoms with E-state index in [2.05, 4.69) is 62.9 Å². The maximum Gasteiger partial charge on any atom is 0.293 e. The number of aliphatic hydroxyl groups is 1. The molecule has 3 aromatic carbocycles. The fourth-order valence-corrected chi connectivity index (χ4v) is 13.7. The van der Waals surface area contributed by atoms with E-state index in [9.17, 15) is 28.4 Å². The third kappa shape index (κ3) is 9.23. The molecule has 0 unspecified atom stereocenters. The molecule has 16 nitrogen and oxygen atoms in total. The largest absolute Gasteiger partial charge is 0.470 e. The Labute approximate surface area is 415 Å². The summed E-state index contributed by atoms with van der Waals surface area (Å²) in [7, 11) is -4.62. The van der Waals surface area contributed by atoms with Gasteiger partial charge in [-0.25, -0.2) is 13.1 Å². The number of carbonyl (C=O) groups excluding carboxylic acids is 1. The summed E-state index contributed by atoms with van der Waals surface area (Å²) >= 11 is 0. The number of amides is 1. The van der Waals surface area contributed by atoms with E-state index in [1.54, 1.807) is 6.07 Å². The molecule has 71 heavy (non-hydrogen) atoms. The molecule has 6 heterocycles. The first-order valence-corrected chi connectivity index (χ1v) is 27.2. The van der Waals surface area contributed by atoms with Gasteiger partial charge < -0.3 is 34.7 Å². The fourth-order valence-electron chi connectivity index (χ4n) is 12.7. The van der Waals surface area contributed by atoms with Gasteiger partial charge in [0.2, 0.25) is 5.88 Å². The van der Waals surface area contributed by atoms with Crippen LogP contribution >= 0.6 is 0 Å². The van der Waals surface area contributed by atoms with Crippen molar-refractivity contribution in [3.05, 3.63) is 106 Å². The summed E-state index contributed by atoms with van der Waals surface area (Å²) in [5, 5.41) is 26.7. The molecule has 11 rings (SSSR count). The number of anilines is 4. The number of sulfonamides is 1. The number of aromatic amines is 1. The highest BCUT2D eigenvalue weighted by Gasteiger charge is 2.50. The third-order valence-electron chi connectivity index (χ3n) is 16.8. The van der Waals surface area contributed by atoms with E-state index >= 15 is 0 Å². The zero-order valence-electron chi connectivity index (χ0n) is 40.9. The van der Waals surface area contributed by atoms with Crippen molar-refractivity contribution in [2.75, 3.05) is 54.5 Å². The number of likely N-dealkylation sites (tertiary alicyclic amines) is 1. The van der Waals surface area contributed by atoms with Crippen LogP contribution in [0.3, 0.4) is 0 Å². The monoisotopic (exact) mass is 986 g/mol. The Morgan fingerprint density at radius 1 is 0.972 bits per heavy atom. The van der Waals surface area contributed by atoms with Crippen LogP contribution in [0.4, 0.5) is 28.4 Å². The molecular weight excluding hydrogens is 921 g/mol.